The third-order valence-corrected chi connectivity index (χ3v) is 6.86. The van der Waals surface area contributed by atoms with Crippen molar-refractivity contribution in [2.45, 2.75) is 57.2 Å². The highest BCUT2D eigenvalue weighted by atomic mass is 16.5. The molecule has 5 rings (SSSR count). The number of aromatic nitrogens is 2. The zero-order valence-corrected chi connectivity index (χ0v) is 17.1. The van der Waals surface area contributed by atoms with E-state index in [-0.39, 0.29) is 11.4 Å². The topological polar surface area (TPSA) is 50.6 Å². The van der Waals surface area contributed by atoms with Crippen LogP contribution in [0.15, 0.2) is 36.5 Å². The fraction of sp³-hybridized carbons (Fsp3) is 0.565. The van der Waals surface area contributed by atoms with E-state index < -0.39 is 0 Å². The van der Waals surface area contributed by atoms with Gasteiger partial charge in [-0.1, -0.05) is 49.6 Å². The minimum atomic E-state index is 0.0810. The standard InChI is InChI=1S/C23H30N4O2/c28-21(20-16-24-27-12-7-15-29-22(20)27)25-13-14-26(17-19-8-3-1-4-9-19)23(18-25)10-5-2-6-11-23/h1,3-4,8-9,16H,2,5-7,10-15,17-18H2. The molecule has 1 spiro atoms. The minimum absolute atomic E-state index is 0.0810. The van der Waals surface area contributed by atoms with E-state index in [9.17, 15) is 4.79 Å². The second-order valence-corrected chi connectivity index (χ2v) is 8.71. The van der Waals surface area contributed by atoms with Crippen molar-refractivity contribution in [1.29, 1.82) is 0 Å². The van der Waals surface area contributed by atoms with Crippen molar-refractivity contribution in [3.05, 3.63) is 47.7 Å². The van der Waals surface area contributed by atoms with Crippen molar-refractivity contribution >= 4 is 5.91 Å². The Morgan fingerprint density at radius 2 is 1.86 bits per heavy atom. The maximum Gasteiger partial charge on any atom is 0.261 e. The van der Waals surface area contributed by atoms with Crippen molar-refractivity contribution in [2.24, 2.45) is 0 Å². The molecule has 1 saturated carbocycles. The van der Waals surface area contributed by atoms with Gasteiger partial charge in [0.1, 0.15) is 5.56 Å². The number of carbonyl (C=O) groups excluding carboxylic acids is 1. The minimum Gasteiger partial charge on any atom is -0.477 e. The molecule has 0 atom stereocenters. The van der Waals surface area contributed by atoms with Gasteiger partial charge in [0, 0.05) is 44.7 Å². The first-order chi connectivity index (χ1) is 14.3. The van der Waals surface area contributed by atoms with Gasteiger partial charge in [0.2, 0.25) is 5.88 Å². The molecule has 1 amide bonds. The Morgan fingerprint density at radius 3 is 2.69 bits per heavy atom. The Morgan fingerprint density at radius 1 is 1.03 bits per heavy atom. The summed E-state index contributed by atoms with van der Waals surface area (Å²) in [6.07, 6.45) is 8.80. The van der Waals surface area contributed by atoms with Crippen LogP contribution >= 0.6 is 0 Å². The lowest BCUT2D eigenvalue weighted by Crippen LogP contribution is -2.63. The number of amides is 1. The van der Waals surface area contributed by atoms with Crippen LogP contribution in [0.1, 0.15) is 54.4 Å². The molecule has 0 unspecified atom stereocenters. The van der Waals surface area contributed by atoms with E-state index in [1.807, 2.05) is 4.68 Å². The maximum absolute atomic E-state index is 13.4. The van der Waals surface area contributed by atoms with Gasteiger partial charge < -0.3 is 9.64 Å². The number of ether oxygens (including phenoxy) is 1. The summed E-state index contributed by atoms with van der Waals surface area (Å²) in [6, 6.07) is 10.7. The molecule has 2 aromatic rings. The van der Waals surface area contributed by atoms with Gasteiger partial charge in [-0.3, -0.25) is 9.69 Å². The summed E-state index contributed by atoms with van der Waals surface area (Å²) in [4.78, 5) is 18.1. The Kier molecular flexibility index (Phi) is 5.04. The molecule has 1 saturated heterocycles. The summed E-state index contributed by atoms with van der Waals surface area (Å²) in [6.45, 7) is 4.96. The molecule has 3 aliphatic rings. The summed E-state index contributed by atoms with van der Waals surface area (Å²) in [5.41, 5.74) is 2.08. The van der Waals surface area contributed by atoms with E-state index in [1.54, 1.807) is 6.20 Å². The number of benzene rings is 1. The van der Waals surface area contributed by atoms with Gasteiger partial charge in [0.25, 0.3) is 5.91 Å². The molecule has 0 radical (unpaired) electrons. The van der Waals surface area contributed by atoms with Gasteiger partial charge in [-0.2, -0.15) is 5.10 Å². The predicted molar refractivity (Wildman–Crippen MR) is 111 cm³/mol. The van der Waals surface area contributed by atoms with Crippen LogP contribution in [-0.2, 0) is 13.1 Å². The Labute approximate surface area is 172 Å². The van der Waals surface area contributed by atoms with E-state index in [0.717, 1.165) is 39.1 Å². The highest BCUT2D eigenvalue weighted by Crippen LogP contribution is 2.38. The molecule has 1 aliphatic carbocycles. The SMILES string of the molecule is O=C(c1cnn2c1OCCC2)N1CCN(Cc2ccccc2)C2(CCCCC2)C1. The monoisotopic (exact) mass is 394 g/mol. The van der Waals surface area contributed by atoms with E-state index in [0.29, 0.717) is 18.1 Å². The third kappa shape index (κ3) is 3.54. The molecule has 6 nitrogen and oxygen atoms in total. The first kappa shape index (κ1) is 18.7. The smallest absolute Gasteiger partial charge is 0.261 e. The van der Waals surface area contributed by atoms with Crippen LogP contribution in [-0.4, -0.2) is 57.3 Å². The van der Waals surface area contributed by atoms with Gasteiger partial charge in [-0.05, 0) is 18.4 Å². The van der Waals surface area contributed by atoms with E-state index >= 15 is 0 Å². The highest BCUT2D eigenvalue weighted by Gasteiger charge is 2.44. The number of carbonyl (C=O) groups is 1. The number of nitrogens with zero attached hydrogens (tertiary/aromatic N) is 4. The van der Waals surface area contributed by atoms with Gasteiger partial charge >= 0.3 is 0 Å². The van der Waals surface area contributed by atoms with Crippen molar-refractivity contribution in [2.75, 3.05) is 26.2 Å². The lowest BCUT2D eigenvalue weighted by molar-refractivity contribution is -0.0254. The summed E-state index contributed by atoms with van der Waals surface area (Å²) in [7, 11) is 0. The maximum atomic E-state index is 13.4. The van der Waals surface area contributed by atoms with E-state index in [4.69, 9.17) is 4.74 Å². The second-order valence-electron chi connectivity index (χ2n) is 8.71. The number of rotatable bonds is 3. The largest absolute Gasteiger partial charge is 0.477 e. The number of aryl methyl sites for hydroxylation is 1. The summed E-state index contributed by atoms with van der Waals surface area (Å²) >= 11 is 0. The molecule has 154 valence electrons. The average molecular weight is 395 g/mol. The average Bonchev–Trinajstić information content (AvgIpc) is 3.20. The lowest BCUT2D eigenvalue weighted by atomic mass is 9.78. The molecular weight excluding hydrogens is 364 g/mol. The molecule has 0 N–H and O–H groups in total. The van der Waals surface area contributed by atoms with Crippen molar-refractivity contribution in [1.82, 2.24) is 19.6 Å². The predicted octanol–water partition coefficient (Wildman–Crippen LogP) is 3.33. The van der Waals surface area contributed by atoms with Crippen LogP contribution in [0, 0.1) is 0 Å². The zero-order valence-electron chi connectivity index (χ0n) is 17.1. The van der Waals surface area contributed by atoms with Gasteiger partial charge in [0.05, 0.1) is 12.8 Å². The summed E-state index contributed by atoms with van der Waals surface area (Å²) < 4.78 is 7.62. The van der Waals surface area contributed by atoms with Crippen LogP contribution < -0.4 is 4.74 Å². The van der Waals surface area contributed by atoms with Crippen LogP contribution in [0.5, 0.6) is 5.88 Å². The van der Waals surface area contributed by atoms with Gasteiger partial charge in [-0.15, -0.1) is 0 Å². The first-order valence-corrected chi connectivity index (χ1v) is 11.0. The van der Waals surface area contributed by atoms with E-state index in [1.165, 1.54) is 37.7 Å². The van der Waals surface area contributed by atoms with Gasteiger partial charge in [0.15, 0.2) is 0 Å². The quantitative estimate of drug-likeness (QED) is 0.801. The van der Waals surface area contributed by atoms with Crippen molar-refractivity contribution < 1.29 is 9.53 Å². The first-order valence-electron chi connectivity index (χ1n) is 11.0. The molecule has 1 aromatic carbocycles. The second kappa shape index (κ2) is 7.82. The number of piperazine rings is 1. The highest BCUT2D eigenvalue weighted by molar-refractivity contribution is 5.96. The van der Waals surface area contributed by atoms with Crippen LogP contribution in [0.4, 0.5) is 0 Å². The third-order valence-electron chi connectivity index (χ3n) is 6.86. The van der Waals surface area contributed by atoms with Crippen molar-refractivity contribution in [3.63, 3.8) is 0 Å². The van der Waals surface area contributed by atoms with Gasteiger partial charge in [-0.25, -0.2) is 4.68 Å². The normalized spacial score (nSPS) is 21.6. The summed E-state index contributed by atoms with van der Waals surface area (Å²) in [5, 5.41) is 4.38. The number of hydrogen-bond acceptors (Lipinski definition) is 4. The van der Waals surface area contributed by atoms with Crippen molar-refractivity contribution in [3.8, 4) is 5.88 Å². The molecule has 6 heteroatoms. The molecule has 2 fully saturated rings. The zero-order chi connectivity index (χ0) is 19.7. The van der Waals surface area contributed by atoms with Crippen LogP contribution in [0.25, 0.3) is 0 Å². The van der Waals surface area contributed by atoms with Crippen LogP contribution in [0.2, 0.25) is 0 Å². The number of hydrogen-bond donors (Lipinski definition) is 0. The molecule has 1 aromatic heterocycles. The molecule has 3 heterocycles. The Bertz CT molecular complexity index is 857. The molecule has 29 heavy (non-hydrogen) atoms. The summed E-state index contributed by atoms with van der Waals surface area (Å²) in [5.74, 6) is 0.739. The lowest BCUT2D eigenvalue weighted by Gasteiger charge is -2.53. The fourth-order valence-corrected chi connectivity index (χ4v) is 5.31. The van der Waals surface area contributed by atoms with E-state index in [2.05, 4.69) is 45.2 Å². The fourth-order valence-electron chi connectivity index (χ4n) is 5.31. The molecule has 2 aliphatic heterocycles. The molecule has 0 bridgehead atoms. The molecular formula is C23H30N4O2. The Balaban J connectivity index is 1.37. The Hall–Kier alpha value is -2.34. The van der Waals surface area contributed by atoms with Crippen LogP contribution in [0.3, 0.4) is 0 Å². The number of fused-ring (bicyclic) bond motifs is 1.